The largest absolute Gasteiger partial charge is 0.298 e. The fourth-order valence-electron chi connectivity index (χ4n) is 6.47. The van der Waals surface area contributed by atoms with Crippen LogP contribution in [-0.2, 0) is 5.54 Å². The molecule has 0 saturated heterocycles. The smallest absolute Gasteiger partial charge is 0.150 e. The molecule has 47 heavy (non-hydrogen) atoms. The Morgan fingerprint density at radius 3 is 1.74 bits per heavy atom. The van der Waals surface area contributed by atoms with Gasteiger partial charge >= 0.3 is 0 Å². The van der Waals surface area contributed by atoms with Gasteiger partial charge in [-0.1, -0.05) is 121 Å². The van der Waals surface area contributed by atoms with E-state index in [0.29, 0.717) is 5.56 Å². The van der Waals surface area contributed by atoms with Crippen LogP contribution in [0.15, 0.2) is 170 Å². The molecule has 4 heterocycles. The van der Waals surface area contributed by atoms with Crippen LogP contribution >= 0.6 is 0 Å². The Balaban J connectivity index is 1.43. The van der Waals surface area contributed by atoms with Crippen LogP contribution in [0.3, 0.4) is 0 Å². The molecule has 6 heteroatoms. The van der Waals surface area contributed by atoms with Crippen molar-refractivity contribution < 1.29 is 4.79 Å². The molecule has 0 unspecified atom stereocenters. The lowest BCUT2D eigenvalue weighted by molar-refractivity contribution is 0.112. The number of pyridine rings is 2. The number of hydrogen-bond donors (Lipinski definition) is 0. The van der Waals surface area contributed by atoms with Crippen LogP contribution in [0.5, 0.6) is 0 Å². The Morgan fingerprint density at radius 1 is 0.574 bits per heavy atom. The van der Waals surface area contributed by atoms with Crippen LogP contribution in [0.25, 0.3) is 39.4 Å². The zero-order chi connectivity index (χ0) is 31.6. The van der Waals surface area contributed by atoms with Crippen molar-refractivity contribution in [3.05, 3.63) is 193 Å². The highest BCUT2D eigenvalue weighted by atomic mass is 16.1. The first-order valence-electron chi connectivity index (χ1n) is 15.5. The van der Waals surface area contributed by atoms with Gasteiger partial charge in [0, 0.05) is 40.8 Å². The highest BCUT2D eigenvalue weighted by Crippen LogP contribution is 2.43. The molecule has 0 aliphatic heterocycles. The van der Waals surface area contributed by atoms with Gasteiger partial charge in [0.25, 0.3) is 0 Å². The fraction of sp³-hybridized carbons (Fsp3) is 0.0244. The van der Waals surface area contributed by atoms with Crippen molar-refractivity contribution in [2.75, 3.05) is 0 Å². The maximum atomic E-state index is 11.6. The number of hydrogen-bond acceptors (Lipinski definition) is 4. The SMILES string of the molecule is O=Cc1ccc(-c2nn(C(c3ccccc3)(c3ccccc3)c3ccccc3)cc2-c2ccc3ncc(-c4ccccn4)n3c2)cc1. The first-order valence-corrected chi connectivity index (χ1v) is 15.5. The number of benzene rings is 4. The number of fused-ring (bicyclic) bond motifs is 1. The van der Waals surface area contributed by atoms with Crippen molar-refractivity contribution in [1.29, 1.82) is 0 Å². The molecule has 8 aromatic rings. The fourth-order valence-corrected chi connectivity index (χ4v) is 6.47. The van der Waals surface area contributed by atoms with Gasteiger partial charge in [-0.15, -0.1) is 0 Å². The number of carbonyl (C=O) groups excluding carboxylic acids is 1. The van der Waals surface area contributed by atoms with Gasteiger partial charge in [0.15, 0.2) is 0 Å². The molecule has 0 aliphatic rings. The van der Waals surface area contributed by atoms with Crippen LogP contribution < -0.4 is 0 Å². The van der Waals surface area contributed by atoms with Gasteiger partial charge in [-0.05, 0) is 41.0 Å². The standard InChI is InChI=1S/C41H29N5O/c47-29-30-19-21-31(22-20-30)40-36(32-23-24-39-43-26-38(45(39)27-32)37-18-10-11-25-42-37)28-46(44-40)41(33-12-4-1-5-13-33,34-14-6-2-7-15-34)35-16-8-3-9-17-35/h1-29H. The minimum absolute atomic E-state index is 0.613. The summed E-state index contributed by atoms with van der Waals surface area (Å²) in [5.74, 6) is 0. The van der Waals surface area contributed by atoms with E-state index in [-0.39, 0.29) is 0 Å². The molecule has 4 aromatic carbocycles. The number of carbonyl (C=O) groups is 1. The number of imidazole rings is 1. The summed E-state index contributed by atoms with van der Waals surface area (Å²) in [6.45, 7) is 0. The van der Waals surface area contributed by atoms with E-state index in [1.54, 1.807) is 6.20 Å². The number of rotatable bonds is 8. The molecule has 0 amide bonds. The van der Waals surface area contributed by atoms with Crippen LogP contribution in [-0.4, -0.2) is 30.4 Å². The molecule has 0 bridgehead atoms. The zero-order valence-corrected chi connectivity index (χ0v) is 25.4. The van der Waals surface area contributed by atoms with E-state index >= 15 is 0 Å². The second kappa shape index (κ2) is 11.8. The third kappa shape index (κ3) is 4.84. The van der Waals surface area contributed by atoms with Gasteiger partial charge in [-0.2, -0.15) is 5.10 Å². The maximum absolute atomic E-state index is 11.6. The van der Waals surface area contributed by atoms with Crippen molar-refractivity contribution in [2.24, 2.45) is 0 Å². The molecule has 224 valence electrons. The third-order valence-electron chi connectivity index (χ3n) is 8.70. The molecule has 0 spiro atoms. The van der Waals surface area contributed by atoms with Gasteiger partial charge in [-0.3, -0.25) is 18.9 Å². The molecule has 0 aliphatic carbocycles. The average Bonchev–Trinajstić information content (AvgIpc) is 3.79. The molecule has 8 rings (SSSR count). The predicted molar refractivity (Wildman–Crippen MR) is 185 cm³/mol. The first kappa shape index (κ1) is 28.1. The number of aldehydes is 1. The summed E-state index contributed by atoms with van der Waals surface area (Å²) < 4.78 is 4.18. The summed E-state index contributed by atoms with van der Waals surface area (Å²) in [6, 6.07) is 49.1. The molecule has 0 atom stereocenters. The highest BCUT2D eigenvalue weighted by Gasteiger charge is 2.40. The van der Waals surface area contributed by atoms with Gasteiger partial charge in [0.05, 0.1) is 17.6 Å². The Kier molecular flexibility index (Phi) is 7.08. The van der Waals surface area contributed by atoms with Crippen LogP contribution in [0.4, 0.5) is 0 Å². The van der Waals surface area contributed by atoms with Gasteiger partial charge in [-0.25, -0.2) is 4.98 Å². The van der Waals surface area contributed by atoms with E-state index < -0.39 is 5.54 Å². The van der Waals surface area contributed by atoms with E-state index in [0.717, 1.165) is 62.4 Å². The molecule has 6 nitrogen and oxygen atoms in total. The second-order valence-corrected chi connectivity index (χ2v) is 11.4. The van der Waals surface area contributed by atoms with Gasteiger partial charge in [0.2, 0.25) is 0 Å². The Labute approximate surface area is 272 Å². The molecular formula is C41H29N5O. The monoisotopic (exact) mass is 607 g/mol. The van der Waals surface area contributed by atoms with E-state index in [4.69, 9.17) is 5.10 Å². The van der Waals surface area contributed by atoms with Crippen LogP contribution in [0.1, 0.15) is 27.0 Å². The van der Waals surface area contributed by atoms with E-state index in [1.807, 2.05) is 72.9 Å². The lowest BCUT2D eigenvalue weighted by atomic mass is 9.77. The number of aromatic nitrogens is 5. The van der Waals surface area contributed by atoms with E-state index in [2.05, 4.69) is 110 Å². The summed E-state index contributed by atoms with van der Waals surface area (Å²) >= 11 is 0. The molecule has 0 N–H and O–H groups in total. The average molecular weight is 608 g/mol. The van der Waals surface area contributed by atoms with Crippen molar-refractivity contribution in [3.8, 4) is 33.8 Å². The maximum Gasteiger partial charge on any atom is 0.150 e. The van der Waals surface area contributed by atoms with Crippen molar-refractivity contribution >= 4 is 11.9 Å². The molecule has 4 aromatic heterocycles. The number of nitrogens with zero attached hydrogens (tertiary/aromatic N) is 5. The van der Waals surface area contributed by atoms with Crippen molar-refractivity contribution in [3.63, 3.8) is 0 Å². The van der Waals surface area contributed by atoms with Crippen LogP contribution in [0, 0.1) is 0 Å². The van der Waals surface area contributed by atoms with E-state index in [9.17, 15) is 4.79 Å². The topological polar surface area (TPSA) is 65.1 Å². The van der Waals surface area contributed by atoms with Gasteiger partial charge in [0.1, 0.15) is 23.2 Å². The predicted octanol–water partition coefficient (Wildman–Crippen LogP) is 8.58. The van der Waals surface area contributed by atoms with Crippen molar-refractivity contribution in [2.45, 2.75) is 5.54 Å². The van der Waals surface area contributed by atoms with E-state index in [1.165, 1.54) is 0 Å². The van der Waals surface area contributed by atoms with Gasteiger partial charge < -0.3 is 0 Å². The van der Waals surface area contributed by atoms with Crippen LogP contribution in [0.2, 0.25) is 0 Å². The summed E-state index contributed by atoms with van der Waals surface area (Å²) in [4.78, 5) is 20.8. The minimum Gasteiger partial charge on any atom is -0.298 e. The molecule has 0 fully saturated rings. The molecule has 0 radical (unpaired) electrons. The summed E-state index contributed by atoms with van der Waals surface area (Å²) in [5, 5.41) is 5.45. The summed E-state index contributed by atoms with van der Waals surface area (Å²) in [5.41, 5.74) is 9.25. The lowest BCUT2D eigenvalue weighted by Gasteiger charge is -2.36. The Hall–Kier alpha value is -6.40. The Morgan fingerprint density at radius 2 is 1.17 bits per heavy atom. The highest BCUT2D eigenvalue weighted by molar-refractivity contribution is 5.83. The summed E-state index contributed by atoms with van der Waals surface area (Å²) in [6.07, 6.45) is 8.76. The molecular weight excluding hydrogens is 578 g/mol. The summed E-state index contributed by atoms with van der Waals surface area (Å²) in [7, 11) is 0. The quantitative estimate of drug-likeness (QED) is 0.128. The second-order valence-electron chi connectivity index (χ2n) is 11.4. The third-order valence-corrected chi connectivity index (χ3v) is 8.70. The Bertz CT molecular complexity index is 2200. The lowest BCUT2D eigenvalue weighted by Crippen LogP contribution is -2.38. The van der Waals surface area contributed by atoms with Crippen molar-refractivity contribution in [1.82, 2.24) is 24.1 Å². The first-order chi connectivity index (χ1) is 23.3. The normalized spacial score (nSPS) is 11.5. The zero-order valence-electron chi connectivity index (χ0n) is 25.4. The molecule has 0 saturated carbocycles. The minimum atomic E-state index is -0.794.